The molecule has 1 rings (SSSR count). The van der Waals surface area contributed by atoms with Crippen molar-refractivity contribution in [3.63, 3.8) is 0 Å². The van der Waals surface area contributed by atoms with Gasteiger partial charge in [0.05, 0.1) is 5.56 Å². The minimum atomic E-state index is 0.0191. The van der Waals surface area contributed by atoms with Crippen LogP contribution in [-0.2, 0) is 0 Å². The number of nitrogens with zero attached hydrogens (tertiary/aromatic N) is 2. The molecule has 0 fully saturated rings. The van der Waals surface area contributed by atoms with Gasteiger partial charge in [-0.3, -0.25) is 9.78 Å². The molecule has 0 atom stereocenters. The number of hydrogen-bond donors (Lipinski definition) is 0. The first-order chi connectivity index (χ1) is 6.75. The van der Waals surface area contributed by atoms with Crippen LogP contribution >= 0.6 is 0 Å². The third-order valence-electron chi connectivity index (χ3n) is 1.73. The summed E-state index contributed by atoms with van der Waals surface area (Å²) in [6.45, 7) is 6.65. The normalized spacial score (nSPS) is 8.57. The number of amides is 1. The van der Waals surface area contributed by atoms with Crippen LogP contribution in [-0.4, -0.2) is 29.4 Å². The van der Waals surface area contributed by atoms with Gasteiger partial charge in [0.1, 0.15) is 0 Å². The van der Waals surface area contributed by atoms with Gasteiger partial charge in [0, 0.05) is 26.0 Å². The molecular weight excluding hydrogens is 176 g/mol. The highest BCUT2D eigenvalue weighted by atomic mass is 16.2. The highest BCUT2D eigenvalue weighted by Crippen LogP contribution is 1.99. The fourth-order valence-electron chi connectivity index (χ4n) is 0.853. The van der Waals surface area contributed by atoms with Gasteiger partial charge in [0.25, 0.3) is 5.91 Å². The molecule has 0 bridgehead atoms. The third kappa shape index (κ3) is 3.56. The minimum Gasteiger partial charge on any atom is -0.342 e. The molecule has 1 aromatic rings. The van der Waals surface area contributed by atoms with Gasteiger partial charge in [-0.2, -0.15) is 0 Å². The number of pyridine rings is 1. The van der Waals surface area contributed by atoms with Crippen LogP contribution in [0.15, 0.2) is 24.5 Å². The molecule has 0 saturated carbocycles. The second kappa shape index (κ2) is 7.06. The minimum absolute atomic E-state index is 0.0191. The summed E-state index contributed by atoms with van der Waals surface area (Å²) in [6.07, 6.45) is 3.23. The number of carbonyl (C=O) groups excluding carboxylic acids is 1. The Morgan fingerprint density at radius 1 is 1.50 bits per heavy atom. The lowest BCUT2D eigenvalue weighted by atomic mass is 10.2. The molecule has 0 radical (unpaired) electrons. The summed E-state index contributed by atoms with van der Waals surface area (Å²) in [5.74, 6) is 0.0191. The van der Waals surface area contributed by atoms with Crippen molar-refractivity contribution in [1.82, 2.24) is 9.88 Å². The van der Waals surface area contributed by atoms with Gasteiger partial charge >= 0.3 is 0 Å². The zero-order valence-corrected chi connectivity index (χ0v) is 9.32. The summed E-state index contributed by atoms with van der Waals surface area (Å²) >= 11 is 0. The van der Waals surface area contributed by atoms with E-state index in [1.54, 1.807) is 36.5 Å². The van der Waals surface area contributed by atoms with Crippen molar-refractivity contribution in [3.05, 3.63) is 30.1 Å². The Balaban J connectivity index is 0.000000791. The van der Waals surface area contributed by atoms with Crippen LogP contribution in [0.4, 0.5) is 0 Å². The van der Waals surface area contributed by atoms with E-state index in [0.29, 0.717) is 12.1 Å². The zero-order chi connectivity index (χ0) is 11.0. The van der Waals surface area contributed by atoms with Crippen LogP contribution in [0.3, 0.4) is 0 Å². The molecular formula is C11H18N2O. The predicted molar refractivity (Wildman–Crippen MR) is 58.2 cm³/mol. The van der Waals surface area contributed by atoms with Crippen LogP contribution in [0, 0.1) is 0 Å². The average Bonchev–Trinajstić information content (AvgIpc) is 2.31. The Bertz CT molecular complexity index is 259. The quantitative estimate of drug-likeness (QED) is 0.723. The fourth-order valence-corrected chi connectivity index (χ4v) is 0.853. The summed E-state index contributed by atoms with van der Waals surface area (Å²) in [7, 11) is 1.77. The molecule has 0 saturated heterocycles. The molecule has 3 heteroatoms. The SMILES string of the molecule is CC.CCN(C)C(=O)c1cccnc1. The summed E-state index contributed by atoms with van der Waals surface area (Å²) in [6, 6.07) is 3.53. The smallest absolute Gasteiger partial charge is 0.255 e. The number of hydrogen-bond acceptors (Lipinski definition) is 2. The van der Waals surface area contributed by atoms with Crippen molar-refractivity contribution >= 4 is 5.91 Å². The van der Waals surface area contributed by atoms with Crippen LogP contribution < -0.4 is 0 Å². The molecule has 0 spiro atoms. The maximum atomic E-state index is 11.5. The lowest BCUT2D eigenvalue weighted by Gasteiger charge is -2.13. The van der Waals surface area contributed by atoms with Crippen LogP contribution in [0.1, 0.15) is 31.1 Å². The average molecular weight is 194 g/mol. The molecule has 0 unspecified atom stereocenters. The van der Waals surface area contributed by atoms with Crippen molar-refractivity contribution in [2.45, 2.75) is 20.8 Å². The summed E-state index contributed by atoms with van der Waals surface area (Å²) in [4.78, 5) is 17.0. The molecule has 78 valence electrons. The Kier molecular flexibility index (Phi) is 6.37. The Labute approximate surface area is 85.8 Å². The van der Waals surface area contributed by atoms with Crippen LogP contribution in [0.25, 0.3) is 0 Å². The second-order valence-electron chi connectivity index (χ2n) is 2.56. The van der Waals surface area contributed by atoms with E-state index < -0.39 is 0 Å². The Hall–Kier alpha value is -1.38. The maximum absolute atomic E-state index is 11.5. The highest BCUT2D eigenvalue weighted by molar-refractivity contribution is 5.93. The summed E-state index contributed by atoms with van der Waals surface area (Å²) in [5.41, 5.74) is 0.641. The van der Waals surface area contributed by atoms with E-state index in [0.717, 1.165) is 0 Å². The summed E-state index contributed by atoms with van der Waals surface area (Å²) in [5, 5.41) is 0. The molecule has 1 amide bonds. The topological polar surface area (TPSA) is 33.2 Å². The van der Waals surface area contributed by atoms with E-state index in [2.05, 4.69) is 4.98 Å². The van der Waals surface area contributed by atoms with Crippen molar-refractivity contribution in [3.8, 4) is 0 Å². The molecule has 3 nitrogen and oxygen atoms in total. The second-order valence-corrected chi connectivity index (χ2v) is 2.56. The number of aromatic nitrogens is 1. The Morgan fingerprint density at radius 3 is 2.57 bits per heavy atom. The molecule has 0 aromatic carbocycles. The maximum Gasteiger partial charge on any atom is 0.255 e. The van der Waals surface area contributed by atoms with E-state index in [1.165, 1.54) is 0 Å². The first-order valence-electron chi connectivity index (χ1n) is 4.91. The number of carbonyl (C=O) groups is 1. The predicted octanol–water partition coefficient (Wildman–Crippen LogP) is 2.20. The third-order valence-corrected chi connectivity index (χ3v) is 1.73. The first-order valence-corrected chi connectivity index (χ1v) is 4.91. The van der Waals surface area contributed by atoms with Crippen molar-refractivity contribution in [1.29, 1.82) is 0 Å². The van der Waals surface area contributed by atoms with Gasteiger partial charge in [-0.15, -0.1) is 0 Å². The van der Waals surface area contributed by atoms with Gasteiger partial charge < -0.3 is 4.90 Å². The standard InChI is InChI=1S/C9H12N2O.C2H6/c1-3-11(2)9(12)8-5-4-6-10-7-8;1-2/h4-7H,3H2,1-2H3;1-2H3. The van der Waals surface area contributed by atoms with Crippen molar-refractivity contribution in [2.75, 3.05) is 13.6 Å². The number of rotatable bonds is 2. The van der Waals surface area contributed by atoms with E-state index in [9.17, 15) is 4.79 Å². The zero-order valence-electron chi connectivity index (χ0n) is 9.32. The van der Waals surface area contributed by atoms with Gasteiger partial charge in [0.2, 0.25) is 0 Å². The lowest BCUT2D eigenvalue weighted by Crippen LogP contribution is -2.26. The molecule has 1 aromatic heterocycles. The lowest BCUT2D eigenvalue weighted by molar-refractivity contribution is 0.0802. The van der Waals surface area contributed by atoms with Gasteiger partial charge in [-0.05, 0) is 19.1 Å². The molecule has 14 heavy (non-hydrogen) atoms. The molecule has 1 heterocycles. The van der Waals surface area contributed by atoms with Crippen molar-refractivity contribution < 1.29 is 4.79 Å². The molecule has 0 aliphatic carbocycles. The van der Waals surface area contributed by atoms with Gasteiger partial charge in [-0.1, -0.05) is 13.8 Å². The van der Waals surface area contributed by atoms with Gasteiger partial charge in [0.15, 0.2) is 0 Å². The molecule has 0 aliphatic heterocycles. The van der Waals surface area contributed by atoms with E-state index in [1.807, 2.05) is 20.8 Å². The highest BCUT2D eigenvalue weighted by Gasteiger charge is 2.08. The monoisotopic (exact) mass is 194 g/mol. The first kappa shape index (κ1) is 12.6. The molecule has 0 aliphatic rings. The Morgan fingerprint density at radius 2 is 2.14 bits per heavy atom. The van der Waals surface area contributed by atoms with Crippen molar-refractivity contribution in [2.24, 2.45) is 0 Å². The van der Waals surface area contributed by atoms with E-state index in [4.69, 9.17) is 0 Å². The molecule has 0 N–H and O–H groups in total. The van der Waals surface area contributed by atoms with E-state index >= 15 is 0 Å². The fraction of sp³-hybridized carbons (Fsp3) is 0.455. The van der Waals surface area contributed by atoms with Gasteiger partial charge in [-0.25, -0.2) is 0 Å². The van der Waals surface area contributed by atoms with Crippen LogP contribution in [0.5, 0.6) is 0 Å². The summed E-state index contributed by atoms with van der Waals surface area (Å²) < 4.78 is 0. The largest absolute Gasteiger partial charge is 0.342 e. The van der Waals surface area contributed by atoms with Crippen LogP contribution in [0.2, 0.25) is 0 Å². The van der Waals surface area contributed by atoms with E-state index in [-0.39, 0.29) is 5.91 Å².